The quantitative estimate of drug-likeness (QED) is 0.596. The van der Waals surface area contributed by atoms with Crippen molar-refractivity contribution in [2.45, 2.75) is 38.6 Å². The number of aromatic amines is 1. The number of rotatable bonds is 7. The second-order valence-corrected chi connectivity index (χ2v) is 8.17. The Morgan fingerprint density at radius 3 is 2.56 bits per heavy atom. The molecule has 1 atom stereocenters. The smallest absolute Gasteiger partial charge is 0.251 e. The van der Waals surface area contributed by atoms with Crippen LogP contribution in [0.4, 0.5) is 0 Å². The molecule has 1 aliphatic rings. The van der Waals surface area contributed by atoms with E-state index in [9.17, 15) is 9.59 Å². The summed E-state index contributed by atoms with van der Waals surface area (Å²) in [6.07, 6.45) is 0.626. The third-order valence-electron chi connectivity index (χ3n) is 5.28. The van der Waals surface area contributed by atoms with E-state index < -0.39 is 0 Å². The van der Waals surface area contributed by atoms with Crippen molar-refractivity contribution in [2.24, 2.45) is 0 Å². The molecule has 0 radical (unpaired) electrons. The van der Waals surface area contributed by atoms with Crippen LogP contribution >= 0.6 is 0 Å². The van der Waals surface area contributed by atoms with Gasteiger partial charge in [-0.3, -0.25) is 9.59 Å². The summed E-state index contributed by atoms with van der Waals surface area (Å²) < 4.78 is 11.2. The molecule has 3 aromatic rings. The minimum absolute atomic E-state index is 0.0997. The Kier molecular flexibility index (Phi) is 6.54. The summed E-state index contributed by atoms with van der Waals surface area (Å²) >= 11 is 0. The average molecular weight is 434 g/mol. The summed E-state index contributed by atoms with van der Waals surface area (Å²) in [5.41, 5.74) is 2.25. The Balaban J connectivity index is 1.52. The second kappa shape index (κ2) is 9.68. The van der Waals surface area contributed by atoms with E-state index in [4.69, 9.17) is 9.47 Å². The van der Waals surface area contributed by atoms with Crippen LogP contribution in [0.3, 0.4) is 0 Å². The predicted octanol–water partition coefficient (Wildman–Crippen LogP) is 3.31. The van der Waals surface area contributed by atoms with E-state index in [2.05, 4.69) is 15.3 Å². The van der Waals surface area contributed by atoms with Gasteiger partial charge in [0.25, 0.3) is 5.56 Å². The fourth-order valence-electron chi connectivity index (χ4n) is 3.68. The zero-order valence-corrected chi connectivity index (χ0v) is 18.3. The molecule has 0 aliphatic carbocycles. The highest BCUT2D eigenvalue weighted by molar-refractivity contribution is 5.79. The van der Waals surface area contributed by atoms with E-state index in [1.165, 1.54) is 6.07 Å². The summed E-state index contributed by atoms with van der Waals surface area (Å²) in [4.78, 5) is 32.4. The minimum Gasteiger partial charge on any atom is -0.486 e. The Bertz CT molecular complexity index is 1140. The highest BCUT2D eigenvalue weighted by atomic mass is 16.6. The molecule has 0 saturated carbocycles. The van der Waals surface area contributed by atoms with Gasteiger partial charge in [-0.1, -0.05) is 50.2 Å². The molecular formula is C25H27N3O4. The molecule has 0 bridgehead atoms. The van der Waals surface area contributed by atoms with E-state index in [1.807, 2.05) is 62.4 Å². The van der Waals surface area contributed by atoms with Gasteiger partial charge in [0.2, 0.25) is 5.91 Å². The highest BCUT2D eigenvalue weighted by Crippen LogP contribution is 2.31. The minimum atomic E-state index is -0.310. The van der Waals surface area contributed by atoms with Gasteiger partial charge >= 0.3 is 0 Å². The van der Waals surface area contributed by atoms with Crippen LogP contribution in [0.5, 0.6) is 11.5 Å². The van der Waals surface area contributed by atoms with Crippen molar-refractivity contribution in [1.82, 2.24) is 15.3 Å². The van der Waals surface area contributed by atoms with Crippen LogP contribution in [0.2, 0.25) is 0 Å². The lowest BCUT2D eigenvalue weighted by Crippen LogP contribution is -2.32. The number of aromatic nitrogens is 2. The van der Waals surface area contributed by atoms with E-state index in [0.717, 1.165) is 11.1 Å². The molecule has 0 fully saturated rings. The van der Waals surface area contributed by atoms with Gasteiger partial charge in [0.1, 0.15) is 19.0 Å². The fourth-order valence-corrected chi connectivity index (χ4v) is 3.68. The van der Waals surface area contributed by atoms with Crippen molar-refractivity contribution in [2.75, 3.05) is 13.2 Å². The molecule has 166 valence electrons. The van der Waals surface area contributed by atoms with Gasteiger partial charge in [-0.15, -0.1) is 0 Å². The molecule has 0 spiro atoms. The van der Waals surface area contributed by atoms with Crippen LogP contribution in [0, 0.1) is 0 Å². The maximum atomic E-state index is 12.9. The molecule has 1 aromatic heterocycles. The number of hydrogen-bond donors (Lipinski definition) is 2. The van der Waals surface area contributed by atoms with Gasteiger partial charge in [0, 0.05) is 18.4 Å². The van der Waals surface area contributed by atoms with E-state index >= 15 is 0 Å². The molecular weight excluding hydrogens is 406 g/mol. The molecule has 4 rings (SSSR count). The number of benzene rings is 2. The lowest BCUT2D eigenvalue weighted by Gasteiger charge is -2.21. The predicted molar refractivity (Wildman–Crippen MR) is 121 cm³/mol. The molecule has 2 N–H and O–H groups in total. The van der Waals surface area contributed by atoms with Crippen molar-refractivity contribution < 1.29 is 14.3 Å². The highest BCUT2D eigenvalue weighted by Gasteiger charge is 2.19. The Hall–Kier alpha value is -3.61. The van der Waals surface area contributed by atoms with Crippen LogP contribution in [0.1, 0.15) is 48.5 Å². The zero-order valence-electron chi connectivity index (χ0n) is 18.3. The third kappa shape index (κ3) is 5.35. The molecule has 1 aliphatic heterocycles. The van der Waals surface area contributed by atoms with Crippen LogP contribution in [0.15, 0.2) is 59.4 Å². The standard InChI is InChI=1S/C25H27N3O4/c1-16(2)25-26-19(15-24(30)28-25)14-20(18-6-4-3-5-7-18)27-23(29)13-17-8-9-21-22(12-17)32-11-10-31-21/h3-9,12,15-16,20H,10-11,13-14H2,1-2H3,(H,27,29)(H,26,28,30)/t20-/m1/s1. The largest absolute Gasteiger partial charge is 0.486 e. The van der Waals surface area contributed by atoms with E-state index in [0.29, 0.717) is 42.7 Å². The number of carbonyl (C=O) groups excluding carboxylic acids is 1. The lowest BCUT2D eigenvalue weighted by atomic mass is 10.0. The Morgan fingerprint density at radius 2 is 1.81 bits per heavy atom. The number of carbonyl (C=O) groups is 1. The number of ether oxygens (including phenoxy) is 2. The normalized spacial score (nSPS) is 13.6. The van der Waals surface area contributed by atoms with Gasteiger partial charge in [0.15, 0.2) is 11.5 Å². The maximum Gasteiger partial charge on any atom is 0.251 e. The number of nitrogens with zero attached hydrogens (tertiary/aromatic N) is 1. The van der Waals surface area contributed by atoms with Crippen LogP contribution in [0.25, 0.3) is 0 Å². The first-order valence-electron chi connectivity index (χ1n) is 10.8. The monoisotopic (exact) mass is 433 g/mol. The van der Waals surface area contributed by atoms with E-state index in [-0.39, 0.29) is 29.8 Å². The topological polar surface area (TPSA) is 93.3 Å². The molecule has 7 heteroatoms. The zero-order chi connectivity index (χ0) is 22.5. The fraction of sp³-hybridized carbons (Fsp3) is 0.320. The molecule has 32 heavy (non-hydrogen) atoms. The van der Waals surface area contributed by atoms with Crippen molar-refractivity contribution in [3.63, 3.8) is 0 Å². The van der Waals surface area contributed by atoms with Crippen molar-refractivity contribution >= 4 is 5.91 Å². The van der Waals surface area contributed by atoms with Gasteiger partial charge < -0.3 is 19.8 Å². The number of fused-ring (bicyclic) bond motifs is 1. The maximum absolute atomic E-state index is 12.9. The van der Waals surface area contributed by atoms with Crippen molar-refractivity contribution in [1.29, 1.82) is 0 Å². The van der Waals surface area contributed by atoms with Crippen LogP contribution < -0.4 is 20.3 Å². The lowest BCUT2D eigenvalue weighted by molar-refractivity contribution is -0.121. The SMILES string of the molecule is CC(C)c1nc(C[C@@H](NC(=O)Cc2ccc3c(c2)OCCO3)c2ccccc2)cc(=O)[nH]1. The first kappa shape index (κ1) is 21.6. The Morgan fingerprint density at radius 1 is 1.06 bits per heavy atom. The molecule has 0 saturated heterocycles. The molecule has 1 amide bonds. The van der Waals surface area contributed by atoms with Gasteiger partial charge in [0.05, 0.1) is 18.2 Å². The number of H-pyrrole nitrogens is 1. The molecule has 7 nitrogen and oxygen atoms in total. The first-order valence-corrected chi connectivity index (χ1v) is 10.8. The number of nitrogens with one attached hydrogen (secondary N) is 2. The van der Waals surface area contributed by atoms with Crippen molar-refractivity contribution in [3.05, 3.63) is 87.6 Å². The number of amides is 1. The van der Waals surface area contributed by atoms with Gasteiger partial charge in [-0.2, -0.15) is 0 Å². The molecule has 0 unspecified atom stereocenters. The molecule has 2 aromatic carbocycles. The summed E-state index contributed by atoms with van der Waals surface area (Å²) in [5.74, 6) is 1.98. The second-order valence-electron chi connectivity index (χ2n) is 8.17. The first-order chi connectivity index (χ1) is 15.5. The third-order valence-corrected chi connectivity index (χ3v) is 5.28. The van der Waals surface area contributed by atoms with Gasteiger partial charge in [-0.05, 0) is 23.3 Å². The summed E-state index contributed by atoms with van der Waals surface area (Å²) in [6, 6.07) is 16.5. The molecule has 2 heterocycles. The van der Waals surface area contributed by atoms with Crippen molar-refractivity contribution in [3.8, 4) is 11.5 Å². The van der Waals surface area contributed by atoms with Crippen LogP contribution in [-0.2, 0) is 17.6 Å². The van der Waals surface area contributed by atoms with Gasteiger partial charge in [-0.25, -0.2) is 4.98 Å². The summed E-state index contributed by atoms with van der Waals surface area (Å²) in [6.45, 7) is 4.98. The summed E-state index contributed by atoms with van der Waals surface area (Å²) in [7, 11) is 0. The van der Waals surface area contributed by atoms with Crippen LogP contribution in [-0.4, -0.2) is 29.1 Å². The summed E-state index contributed by atoms with van der Waals surface area (Å²) in [5, 5.41) is 3.12. The Labute approximate surface area is 186 Å². The number of hydrogen-bond acceptors (Lipinski definition) is 5. The average Bonchev–Trinajstić information content (AvgIpc) is 2.78. The van der Waals surface area contributed by atoms with E-state index in [1.54, 1.807) is 0 Å².